The minimum atomic E-state index is 0.267. The zero-order valence-electron chi connectivity index (χ0n) is 35.4. The zero-order valence-corrected chi connectivity index (χ0v) is 35.4. The highest BCUT2D eigenvalue weighted by Crippen LogP contribution is 2.39. The zero-order chi connectivity index (χ0) is 39.2. The van der Waals surface area contributed by atoms with Crippen molar-refractivity contribution in [2.75, 3.05) is 0 Å². The molecule has 0 saturated carbocycles. The molecule has 290 valence electrons. The molecule has 2 nitrogen and oxygen atoms in total. The van der Waals surface area contributed by atoms with Gasteiger partial charge in [0.15, 0.2) is 0 Å². The van der Waals surface area contributed by atoms with Gasteiger partial charge in [-0.15, -0.1) is 0 Å². The fourth-order valence-corrected chi connectivity index (χ4v) is 6.69. The number of phenols is 2. The summed E-state index contributed by atoms with van der Waals surface area (Å²) >= 11 is 0. The summed E-state index contributed by atoms with van der Waals surface area (Å²) in [5.41, 5.74) is 13.3. The van der Waals surface area contributed by atoms with Gasteiger partial charge in [-0.2, -0.15) is 0 Å². The topological polar surface area (TPSA) is 40.5 Å². The van der Waals surface area contributed by atoms with Crippen molar-refractivity contribution in [3.63, 3.8) is 0 Å². The molecule has 0 saturated heterocycles. The van der Waals surface area contributed by atoms with Crippen LogP contribution in [-0.2, 0) is 6.42 Å². The van der Waals surface area contributed by atoms with Crippen LogP contribution in [0.15, 0.2) is 117 Å². The Balaban J connectivity index is 1.64. The van der Waals surface area contributed by atoms with E-state index in [0.717, 1.165) is 81.8 Å². The predicted octanol–water partition coefficient (Wildman–Crippen LogP) is 16.2. The van der Waals surface area contributed by atoms with Gasteiger partial charge in [0.05, 0.1) is 0 Å². The largest absolute Gasteiger partial charge is 0.507 e. The average molecular weight is 719 g/mol. The first-order valence-corrected chi connectivity index (χ1v) is 20.4. The van der Waals surface area contributed by atoms with Crippen molar-refractivity contribution in [3.05, 3.63) is 129 Å². The Morgan fingerprint density at radius 2 is 0.698 bits per heavy atom. The molecule has 0 aliphatic rings. The maximum atomic E-state index is 10.9. The Kier molecular flexibility index (Phi) is 21.6. The minimum absolute atomic E-state index is 0.267. The molecule has 2 heteroatoms. The van der Waals surface area contributed by atoms with Gasteiger partial charge in [0, 0.05) is 16.3 Å². The molecule has 0 bridgehead atoms. The monoisotopic (exact) mass is 719 g/mol. The fourth-order valence-electron chi connectivity index (χ4n) is 6.69. The second kappa shape index (κ2) is 25.3. The molecule has 53 heavy (non-hydrogen) atoms. The third kappa shape index (κ3) is 18.7. The summed E-state index contributed by atoms with van der Waals surface area (Å²) in [5.74, 6) is 0.549. The number of hydrogen-bond acceptors (Lipinski definition) is 2. The number of aromatic hydroxyl groups is 2. The molecule has 0 spiro atoms. The third-order valence-electron chi connectivity index (χ3n) is 10.5. The van der Waals surface area contributed by atoms with E-state index in [1.807, 2.05) is 31.2 Å². The molecule has 0 heterocycles. The van der Waals surface area contributed by atoms with Crippen molar-refractivity contribution in [2.24, 2.45) is 0 Å². The molecule has 0 atom stereocenters. The maximum absolute atomic E-state index is 10.9. The first-order valence-electron chi connectivity index (χ1n) is 20.4. The number of benzene rings is 2. The molecule has 0 aliphatic carbocycles. The van der Waals surface area contributed by atoms with Gasteiger partial charge >= 0.3 is 0 Å². The van der Waals surface area contributed by atoms with Crippen LogP contribution in [0.3, 0.4) is 0 Å². The molecule has 0 amide bonds. The highest BCUT2D eigenvalue weighted by molar-refractivity contribution is 5.95. The fraction of sp³-hybridized carbons (Fsp3) is 0.490. The SMILES string of the molecule is CC(C)=CCC/C(C)=C/CC/C(C)=C/CC/C(C)=C/CC/C(C)=C/CC/C(C)=C/CC/C(C)=C/CC/C(C)=C/Cc1c(C)c(O)c2ccccc2c1O. The van der Waals surface area contributed by atoms with Crippen LogP contribution in [0.25, 0.3) is 10.8 Å². The summed E-state index contributed by atoms with van der Waals surface area (Å²) in [6.45, 7) is 22.1. The molecule has 2 N–H and O–H groups in total. The van der Waals surface area contributed by atoms with Gasteiger partial charge < -0.3 is 10.2 Å². The van der Waals surface area contributed by atoms with Gasteiger partial charge in [0.2, 0.25) is 0 Å². The van der Waals surface area contributed by atoms with E-state index >= 15 is 0 Å². The molecule has 0 aromatic heterocycles. The molecule has 2 rings (SSSR count). The number of fused-ring (bicyclic) bond motifs is 1. The van der Waals surface area contributed by atoms with Crippen molar-refractivity contribution >= 4 is 10.8 Å². The van der Waals surface area contributed by atoms with E-state index in [2.05, 4.69) is 111 Å². The lowest BCUT2D eigenvalue weighted by atomic mass is 9.95. The summed E-state index contributed by atoms with van der Waals surface area (Å²) in [6, 6.07) is 7.50. The lowest BCUT2D eigenvalue weighted by molar-refractivity contribution is 0.461. The smallest absolute Gasteiger partial charge is 0.127 e. The lowest BCUT2D eigenvalue weighted by Gasteiger charge is -2.13. The molecule has 2 aromatic rings. The van der Waals surface area contributed by atoms with Crippen molar-refractivity contribution in [3.8, 4) is 11.5 Å². The van der Waals surface area contributed by atoms with Crippen LogP contribution in [0.4, 0.5) is 0 Å². The highest BCUT2D eigenvalue weighted by Gasteiger charge is 2.14. The van der Waals surface area contributed by atoms with Crippen molar-refractivity contribution in [1.29, 1.82) is 0 Å². The number of allylic oxidation sites excluding steroid dienone is 16. The van der Waals surface area contributed by atoms with Crippen molar-refractivity contribution in [1.82, 2.24) is 0 Å². The van der Waals surface area contributed by atoms with Gasteiger partial charge in [0.25, 0.3) is 0 Å². The lowest BCUT2D eigenvalue weighted by Crippen LogP contribution is -1.92. The second-order valence-corrected chi connectivity index (χ2v) is 16.0. The Morgan fingerprint density at radius 3 is 1.02 bits per heavy atom. The standard InChI is InChI=1S/C51H74O2/c1-38(2)20-13-21-39(3)22-14-23-40(4)24-15-25-41(5)26-16-27-42(6)28-17-29-43(7)30-18-31-44(8)32-19-33-45(9)36-37-47-46(10)50(52)48-34-11-12-35-49(48)51(47)53/h11-12,20,22,24,26,28,30,32,34-36,52-53H,13-19,21,23,25,27,29,31,33,37H2,1-10H3/b39-22+,40-24+,41-26+,42-28+,43-30+,44-32+,45-36+. The molecule has 0 fully saturated rings. The Bertz CT molecular complexity index is 1690. The van der Waals surface area contributed by atoms with Crippen LogP contribution >= 0.6 is 0 Å². The first-order chi connectivity index (χ1) is 25.3. The van der Waals surface area contributed by atoms with E-state index in [0.29, 0.717) is 17.2 Å². The average Bonchev–Trinajstić information content (AvgIpc) is 3.10. The summed E-state index contributed by atoms with van der Waals surface area (Å²) in [6.07, 6.45) is 35.5. The van der Waals surface area contributed by atoms with Crippen LogP contribution in [0.2, 0.25) is 0 Å². The predicted molar refractivity (Wildman–Crippen MR) is 236 cm³/mol. The summed E-state index contributed by atoms with van der Waals surface area (Å²) in [7, 11) is 0. The van der Waals surface area contributed by atoms with Gasteiger partial charge in [-0.25, -0.2) is 0 Å². The molecular weight excluding hydrogens is 645 g/mol. The van der Waals surface area contributed by atoms with E-state index < -0.39 is 0 Å². The third-order valence-corrected chi connectivity index (χ3v) is 10.5. The van der Waals surface area contributed by atoms with E-state index in [9.17, 15) is 10.2 Å². The van der Waals surface area contributed by atoms with Crippen molar-refractivity contribution in [2.45, 2.75) is 166 Å². The van der Waals surface area contributed by atoms with Crippen molar-refractivity contribution < 1.29 is 10.2 Å². The quantitative estimate of drug-likeness (QED) is 0.0887. The van der Waals surface area contributed by atoms with E-state index in [-0.39, 0.29) is 11.5 Å². The molecule has 0 radical (unpaired) electrons. The number of rotatable bonds is 23. The van der Waals surface area contributed by atoms with Crippen LogP contribution in [-0.4, -0.2) is 10.2 Å². The molecule has 0 aliphatic heterocycles. The van der Waals surface area contributed by atoms with Crippen LogP contribution in [0.5, 0.6) is 11.5 Å². The van der Waals surface area contributed by atoms with Gasteiger partial charge in [-0.05, 0) is 171 Å². The molecular formula is C51H74O2. The molecule has 0 unspecified atom stereocenters. The Labute approximate surface area is 325 Å². The maximum Gasteiger partial charge on any atom is 0.127 e. The van der Waals surface area contributed by atoms with Crippen LogP contribution < -0.4 is 0 Å². The second-order valence-electron chi connectivity index (χ2n) is 16.0. The van der Waals surface area contributed by atoms with Crippen LogP contribution in [0, 0.1) is 6.92 Å². The normalized spacial score (nSPS) is 14.0. The van der Waals surface area contributed by atoms with E-state index in [4.69, 9.17) is 0 Å². The Morgan fingerprint density at radius 1 is 0.415 bits per heavy atom. The summed E-state index contributed by atoms with van der Waals surface area (Å²) < 4.78 is 0. The summed E-state index contributed by atoms with van der Waals surface area (Å²) in [4.78, 5) is 0. The van der Waals surface area contributed by atoms with Crippen LogP contribution in [0.1, 0.15) is 163 Å². The van der Waals surface area contributed by atoms with Gasteiger partial charge in [-0.1, -0.05) is 117 Å². The van der Waals surface area contributed by atoms with Gasteiger partial charge in [0.1, 0.15) is 11.5 Å². The number of phenolic OH excluding ortho intramolecular Hbond substituents is 2. The van der Waals surface area contributed by atoms with E-state index in [1.54, 1.807) is 0 Å². The first kappa shape index (κ1) is 45.4. The Hall–Kier alpha value is -3.78. The molecule has 2 aromatic carbocycles. The minimum Gasteiger partial charge on any atom is -0.507 e. The van der Waals surface area contributed by atoms with Gasteiger partial charge in [-0.3, -0.25) is 0 Å². The summed E-state index contributed by atoms with van der Waals surface area (Å²) in [5, 5.41) is 23.0. The highest BCUT2D eigenvalue weighted by atomic mass is 16.3. The number of hydrogen-bond donors (Lipinski definition) is 2. The van der Waals surface area contributed by atoms with E-state index in [1.165, 1.54) is 63.8 Å².